The maximum absolute atomic E-state index is 2.41. The standard InChI is InChI=1S/C11H16N.2C6H5.Bi/c1-4-12(3)9-11-7-5-6-10(2)8-11;2*1-2-4-6-5-3-1;/h5-6,8H,4,9H2,1-3H3;2*1-5H;. The van der Waals surface area contributed by atoms with Gasteiger partial charge in [0.2, 0.25) is 0 Å². The zero-order chi connectivity index (χ0) is 17.6. The molecule has 0 unspecified atom stereocenters. The third kappa shape index (κ3) is 4.57. The molecule has 1 nitrogen and oxygen atoms in total. The number of aryl methyl sites for hydroxylation is 1. The Morgan fingerprint density at radius 2 is 1.36 bits per heavy atom. The van der Waals surface area contributed by atoms with Crippen molar-refractivity contribution in [2.45, 2.75) is 20.4 Å². The third-order valence-electron chi connectivity index (χ3n) is 4.48. The minimum atomic E-state index is -2.27. The van der Waals surface area contributed by atoms with E-state index in [1.807, 2.05) is 0 Å². The van der Waals surface area contributed by atoms with Crippen LogP contribution in [0.25, 0.3) is 0 Å². The predicted octanol–water partition coefficient (Wildman–Crippen LogP) is 2.96. The summed E-state index contributed by atoms with van der Waals surface area (Å²) >= 11 is -2.27. The van der Waals surface area contributed by atoms with E-state index in [2.05, 4.69) is 105 Å². The number of nitrogens with zero attached hydrogens (tertiary/aromatic N) is 1. The van der Waals surface area contributed by atoms with Gasteiger partial charge in [0, 0.05) is 0 Å². The molecular weight excluding hydrogens is 499 g/mol. The molecule has 3 aromatic rings. The number of benzene rings is 3. The van der Waals surface area contributed by atoms with Crippen molar-refractivity contribution >= 4 is 31.6 Å². The molecule has 0 aliphatic heterocycles. The van der Waals surface area contributed by atoms with Crippen molar-refractivity contribution in [3.63, 3.8) is 0 Å². The second-order valence-corrected chi connectivity index (χ2v) is 15.0. The van der Waals surface area contributed by atoms with Crippen molar-refractivity contribution in [1.29, 1.82) is 0 Å². The Morgan fingerprint density at radius 3 is 1.88 bits per heavy atom. The summed E-state index contributed by atoms with van der Waals surface area (Å²) in [5.41, 5.74) is 2.86. The summed E-state index contributed by atoms with van der Waals surface area (Å²) in [5, 5.41) is 0. The Bertz CT molecular complexity index is 759. The van der Waals surface area contributed by atoms with Gasteiger partial charge in [-0.3, -0.25) is 0 Å². The summed E-state index contributed by atoms with van der Waals surface area (Å²) in [7, 11) is 2.21. The van der Waals surface area contributed by atoms with Crippen LogP contribution in [0.15, 0.2) is 78.9 Å². The molecule has 0 radical (unpaired) electrons. The molecule has 0 amide bonds. The Labute approximate surface area is 160 Å². The Kier molecular flexibility index (Phi) is 6.40. The van der Waals surface area contributed by atoms with Gasteiger partial charge >= 0.3 is 160 Å². The molecule has 0 aliphatic carbocycles. The van der Waals surface area contributed by atoms with Gasteiger partial charge in [0.05, 0.1) is 0 Å². The van der Waals surface area contributed by atoms with E-state index < -0.39 is 21.8 Å². The topological polar surface area (TPSA) is 3.24 Å². The van der Waals surface area contributed by atoms with Crippen molar-refractivity contribution in [1.82, 2.24) is 4.90 Å². The summed E-state index contributed by atoms with van der Waals surface area (Å²) in [6.45, 7) is 6.53. The second-order valence-electron chi connectivity index (χ2n) is 6.47. The molecule has 0 aliphatic rings. The molecule has 0 saturated carbocycles. The van der Waals surface area contributed by atoms with Crippen LogP contribution in [0.4, 0.5) is 0 Å². The summed E-state index contributed by atoms with van der Waals surface area (Å²) in [6, 6.07) is 29.4. The van der Waals surface area contributed by atoms with Gasteiger partial charge in [0.25, 0.3) is 0 Å². The zero-order valence-corrected chi connectivity index (χ0v) is 18.8. The quantitative estimate of drug-likeness (QED) is 0.448. The van der Waals surface area contributed by atoms with E-state index in [1.54, 1.807) is 9.81 Å². The molecule has 0 fully saturated rings. The molecule has 3 aromatic carbocycles. The number of hydrogen-bond donors (Lipinski definition) is 0. The summed E-state index contributed by atoms with van der Waals surface area (Å²) < 4.78 is 4.71. The first-order valence-electron chi connectivity index (χ1n) is 8.87. The van der Waals surface area contributed by atoms with E-state index in [1.165, 1.54) is 11.1 Å². The van der Waals surface area contributed by atoms with Gasteiger partial charge in [-0.15, -0.1) is 0 Å². The second kappa shape index (κ2) is 8.74. The van der Waals surface area contributed by atoms with Gasteiger partial charge in [0.15, 0.2) is 0 Å². The van der Waals surface area contributed by atoms with E-state index in [9.17, 15) is 0 Å². The minimum absolute atomic E-state index is 1.03. The van der Waals surface area contributed by atoms with Crippen molar-refractivity contribution in [3.05, 3.63) is 90.0 Å². The van der Waals surface area contributed by atoms with Crippen molar-refractivity contribution < 1.29 is 0 Å². The van der Waals surface area contributed by atoms with Crippen molar-refractivity contribution in [2.24, 2.45) is 0 Å². The Morgan fingerprint density at radius 1 is 0.800 bits per heavy atom. The Hall–Kier alpha value is -1.50. The molecule has 0 N–H and O–H groups in total. The third-order valence-corrected chi connectivity index (χ3v) is 14.4. The van der Waals surface area contributed by atoms with Crippen LogP contribution in [0.5, 0.6) is 0 Å². The van der Waals surface area contributed by atoms with Crippen LogP contribution in [0.2, 0.25) is 0 Å². The number of hydrogen-bond acceptors (Lipinski definition) is 1. The Balaban J connectivity index is 2.14. The summed E-state index contributed by atoms with van der Waals surface area (Å²) in [5.74, 6) is 0. The first kappa shape index (κ1) is 18.3. The van der Waals surface area contributed by atoms with Gasteiger partial charge in [-0.1, -0.05) is 0 Å². The fourth-order valence-electron chi connectivity index (χ4n) is 3.04. The van der Waals surface area contributed by atoms with Crippen LogP contribution >= 0.6 is 0 Å². The van der Waals surface area contributed by atoms with Gasteiger partial charge in [-0.2, -0.15) is 0 Å². The summed E-state index contributed by atoms with van der Waals surface area (Å²) in [6.07, 6.45) is 0. The molecule has 0 atom stereocenters. The normalized spacial score (nSPS) is 11.2. The molecular formula is C23H26BiN. The van der Waals surface area contributed by atoms with Gasteiger partial charge in [-0.05, 0) is 0 Å². The van der Waals surface area contributed by atoms with Crippen LogP contribution in [-0.4, -0.2) is 40.2 Å². The van der Waals surface area contributed by atoms with Crippen molar-refractivity contribution in [3.8, 4) is 0 Å². The van der Waals surface area contributed by atoms with E-state index >= 15 is 0 Å². The average Bonchev–Trinajstić information content (AvgIpc) is 2.65. The van der Waals surface area contributed by atoms with Crippen LogP contribution in [0, 0.1) is 6.92 Å². The van der Waals surface area contributed by atoms with Gasteiger partial charge in [0.1, 0.15) is 0 Å². The van der Waals surface area contributed by atoms with E-state index in [0.29, 0.717) is 0 Å². The fraction of sp³-hybridized carbons (Fsp3) is 0.217. The van der Waals surface area contributed by atoms with E-state index in [0.717, 1.165) is 13.1 Å². The van der Waals surface area contributed by atoms with Crippen LogP contribution in [0.1, 0.15) is 18.1 Å². The van der Waals surface area contributed by atoms with Gasteiger partial charge < -0.3 is 0 Å². The molecule has 0 heterocycles. The van der Waals surface area contributed by atoms with Crippen LogP contribution in [0.3, 0.4) is 0 Å². The molecule has 3 rings (SSSR count). The maximum atomic E-state index is 2.41. The van der Waals surface area contributed by atoms with E-state index in [-0.39, 0.29) is 0 Å². The van der Waals surface area contributed by atoms with Crippen LogP contribution < -0.4 is 9.81 Å². The van der Waals surface area contributed by atoms with E-state index in [4.69, 9.17) is 0 Å². The molecule has 0 aromatic heterocycles. The van der Waals surface area contributed by atoms with Crippen molar-refractivity contribution in [2.75, 3.05) is 13.6 Å². The first-order valence-corrected chi connectivity index (χ1v) is 14.1. The molecule has 0 spiro atoms. The summed E-state index contributed by atoms with van der Waals surface area (Å²) in [4.78, 5) is 2.40. The molecule has 2 heteroatoms. The average molecular weight is 525 g/mol. The monoisotopic (exact) mass is 525 g/mol. The SMILES string of the molecule is CCN(C)Cc1cc(C)cc[c]1[Bi]([c]1ccccc1)[c]1ccccc1. The zero-order valence-electron chi connectivity index (χ0n) is 15.3. The molecule has 0 saturated heterocycles. The number of rotatable bonds is 6. The fourth-order valence-corrected chi connectivity index (χ4v) is 12.5. The van der Waals surface area contributed by atoms with Gasteiger partial charge in [-0.25, -0.2) is 0 Å². The molecule has 0 bridgehead atoms. The predicted molar refractivity (Wildman–Crippen MR) is 111 cm³/mol. The molecule has 25 heavy (non-hydrogen) atoms. The molecule has 128 valence electrons. The van der Waals surface area contributed by atoms with Crippen LogP contribution in [-0.2, 0) is 6.54 Å². The first-order chi connectivity index (χ1) is 12.2.